The van der Waals surface area contributed by atoms with E-state index >= 15 is 0 Å². The van der Waals surface area contributed by atoms with E-state index < -0.39 is 16.8 Å². The minimum absolute atomic E-state index is 0.0374. The third kappa shape index (κ3) is 4.44. The quantitative estimate of drug-likeness (QED) is 0.254. The number of amides is 1. The lowest BCUT2D eigenvalue weighted by molar-refractivity contribution is -0.402. The fraction of sp³-hybridized carbons (Fsp3) is 0.130. The summed E-state index contributed by atoms with van der Waals surface area (Å²) in [7, 11) is 0. The summed E-state index contributed by atoms with van der Waals surface area (Å²) in [5.41, 5.74) is 0.966. The second-order valence-electron chi connectivity index (χ2n) is 7.48. The lowest BCUT2D eigenvalue weighted by atomic mass is 9.82. The molecule has 0 atom stereocenters. The van der Waals surface area contributed by atoms with Crippen LogP contribution in [0.15, 0.2) is 52.0 Å². The average molecular weight is 479 g/mol. The van der Waals surface area contributed by atoms with Crippen LogP contribution in [0.1, 0.15) is 43.2 Å². The summed E-state index contributed by atoms with van der Waals surface area (Å²) < 4.78 is 9.44. The first-order valence-corrected chi connectivity index (χ1v) is 10.1. The van der Waals surface area contributed by atoms with Gasteiger partial charge in [0.15, 0.2) is 11.5 Å². The zero-order valence-corrected chi connectivity index (χ0v) is 18.1. The molecule has 0 spiro atoms. The van der Waals surface area contributed by atoms with Gasteiger partial charge in [-0.2, -0.15) is 10.1 Å². The van der Waals surface area contributed by atoms with Gasteiger partial charge in [0.1, 0.15) is 23.0 Å². The monoisotopic (exact) mass is 479 g/mol. The number of nitro groups is 1. The average Bonchev–Trinajstić information content (AvgIpc) is 3.45. The van der Waals surface area contributed by atoms with E-state index in [1.54, 1.807) is 13.0 Å². The van der Waals surface area contributed by atoms with Crippen molar-refractivity contribution in [2.45, 2.75) is 6.92 Å². The van der Waals surface area contributed by atoms with E-state index in [4.69, 9.17) is 4.42 Å². The first-order chi connectivity index (χ1) is 16.7. The number of phenolic OH excluding ortho intramolecular Hbond substituents is 2. The van der Waals surface area contributed by atoms with Crippen molar-refractivity contribution in [2.75, 3.05) is 13.2 Å². The van der Waals surface area contributed by atoms with Gasteiger partial charge in [0.2, 0.25) is 5.78 Å². The molecular weight excluding hydrogens is 462 g/mol. The number of aryl methyl sites for hydroxylation is 1. The molecule has 0 unspecified atom stereocenters. The van der Waals surface area contributed by atoms with Crippen LogP contribution in [0, 0.1) is 17.0 Å². The number of ketones is 2. The van der Waals surface area contributed by atoms with E-state index in [1.807, 2.05) is 0 Å². The maximum absolute atomic E-state index is 12.3. The number of benzene rings is 2. The third-order valence-corrected chi connectivity index (χ3v) is 5.10. The van der Waals surface area contributed by atoms with Crippen LogP contribution in [0.2, 0.25) is 0 Å². The molecule has 1 aliphatic heterocycles. The smallest absolute Gasteiger partial charge is 0.433 e. The van der Waals surface area contributed by atoms with Crippen LogP contribution in [0.5, 0.6) is 11.5 Å². The number of fused-ring (bicyclic) bond motifs is 2. The molecule has 1 amide bonds. The second kappa shape index (κ2) is 9.09. The van der Waals surface area contributed by atoms with Crippen molar-refractivity contribution in [3.8, 4) is 11.5 Å². The molecule has 2 aliphatic rings. The Labute approximate surface area is 196 Å². The minimum Gasteiger partial charge on any atom is -0.507 e. The molecule has 12 nitrogen and oxygen atoms in total. The molecule has 1 fully saturated rings. The van der Waals surface area contributed by atoms with E-state index in [-0.39, 0.29) is 57.8 Å². The Morgan fingerprint density at radius 1 is 1.03 bits per heavy atom. The maximum atomic E-state index is 12.3. The van der Waals surface area contributed by atoms with Gasteiger partial charge in [0.25, 0.3) is 0 Å². The zero-order chi connectivity index (χ0) is 25.3. The highest BCUT2D eigenvalue weighted by Crippen LogP contribution is 2.36. The standard InChI is InChI=1S/C15H10O4.C8H7N3O5/c1-7-5-9-13(11(17)6-7)15(19)12-8(14(9)18)3-2-4-10(12)16;12-8-10(3-4-15-8)9-5-6-1-2-7(16-6)11(13)14/h2-6,16-17H,1H3;1-2,5H,3-4H2. The molecule has 3 aromatic rings. The van der Waals surface area contributed by atoms with Gasteiger partial charge in [-0.05, 0) is 36.8 Å². The molecule has 0 bridgehead atoms. The Balaban J connectivity index is 0.000000168. The Bertz CT molecular complexity index is 1410. The summed E-state index contributed by atoms with van der Waals surface area (Å²) in [5, 5.41) is 34.8. The summed E-state index contributed by atoms with van der Waals surface area (Å²) >= 11 is 0. The topological polar surface area (TPSA) is 173 Å². The number of nitrogens with zero attached hydrogens (tertiary/aromatic N) is 3. The summed E-state index contributed by atoms with van der Waals surface area (Å²) in [6, 6.07) is 9.96. The van der Waals surface area contributed by atoms with Gasteiger partial charge in [-0.25, -0.2) is 4.79 Å². The number of cyclic esters (lactones) is 1. The van der Waals surface area contributed by atoms with Gasteiger partial charge in [0, 0.05) is 11.1 Å². The molecule has 2 heterocycles. The largest absolute Gasteiger partial charge is 0.507 e. The van der Waals surface area contributed by atoms with Gasteiger partial charge in [-0.15, -0.1) is 0 Å². The van der Waals surface area contributed by atoms with E-state index in [0.29, 0.717) is 12.1 Å². The number of furan rings is 1. The lowest BCUT2D eigenvalue weighted by Crippen LogP contribution is -2.21. The van der Waals surface area contributed by atoms with Crippen LogP contribution in [0.4, 0.5) is 10.7 Å². The highest BCUT2D eigenvalue weighted by molar-refractivity contribution is 6.30. The van der Waals surface area contributed by atoms with Crippen LogP contribution >= 0.6 is 0 Å². The molecule has 35 heavy (non-hydrogen) atoms. The number of aromatic hydroxyl groups is 2. The van der Waals surface area contributed by atoms with Crippen molar-refractivity contribution in [1.82, 2.24) is 5.01 Å². The highest BCUT2D eigenvalue weighted by Gasteiger charge is 2.34. The normalized spacial score (nSPS) is 14.3. The van der Waals surface area contributed by atoms with Gasteiger partial charge in [-0.3, -0.25) is 19.7 Å². The van der Waals surface area contributed by atoms with Crippen LogP contribution in [-0.2, 0) is 4.74 Å². The second-order valence-corrected chi connectivity index (χ2v) is 7.48. The van der Waals surface area contributed by atoms with Gasteiger partial charge >= 0.3 is 12.0 Å². The first-order valence-electron chi connectivity index (χ1n) is 10.1. The number of carbonyl (C=O) groups is 3. The van der Waals surface area contributed by atoms with Crippen molar-refractivity contribution >= 4 is 29.8 Å². The Kier molecular flexibility index (Phi) is 6.02. The lowest BCUT2D eigenvalue weighted by Gasteiger charge is -2.19. The Morgan fingerprint density at radius 3 is 2.43 bits per heavy atom. The molecule has 0 radical (unpaired) electrons. The number of hydrazone groups is 1. The number of rotatable bonds is 3. The van der Waals surface area contributed by atoms with Crippen LogP contribution in [-0.4, -0.2) is 57.2 Å². The summed E-state index contributed by atoms with van der Waals surface area (Å²) in [4.78, 5) is 45.3. The van der Waals surface area contributed by atoms with Crippen molar-refractivity contribution in [1.29, 1.82) is 0 Å². The molecule has 178 valence electrons. The molecule has 2 aromatic carbocycles. The van der Waals surface area contributed by atoms with Crippen LogP contribution < -0.4 is 0 Å². The molecular formula is C23H17N3O9. The third-order valence-electron chi connectivity index (χ3n) is 5.10. The van der Waals surface area contributed by atoms with E-state index in [9.17, 15) is 34.7 Å². The fourth-order valence-corrected chi connectivity index (χ4v) is 3.55. The predicted molar refractivity (Wildman–Crippen MR) is 119 cm³/mol. The minimum atomic E-state index is -0.651. The number of hydrogen-bond acceptors (Lipinski definition) is 10. The molecule has 1 saturated heterocycles. The first kappa shape index (κ1) is 23.2. The highest BCUT2D eigenvalue weighted by atomic mass is 16.6. The maximum Gasteiger partial charge on any atom is 0.433 e. The van der Waals surface area contributed by atoms with Crippen molar-refractivity contribution in [3.05, 3.63) is 86.2 Å². The van der Waals surface area contributed by atoms with Crippen molar-refractivity contribution in [3.63, 3.8) is 0 Å². The summed E-state index contributed by atoms with van der Waals surface area (Å²) in [5.74, 6) is -1.54. The fourth-order valence-electron chi connectivity index (χ4n) is 3.55. The SMILES string of the molecule is Cc1cc(O)c2c(c1)C(=O)c1cccc(O)c1C2=O.O=C1OCCN1N=Cc1ccc([N+](=O)[O-])o1. The molecule has 1 aromatic heterocycles. The van der Waals surface area contributed by atoms with E-state index in [2.05, 4.69) is 9.84 Å². The van der Waals surface area contributed by atoms with Crippen LogP contribution in [0.3, 0.4) is 0 Å². The van der Waals surface area contributed by atoms with Gasteiger partial charge in [0.05, 0.1) is 30.0 Å². The summed E-state index contributed by atoms with van der Waals surface area (Å²) in [6.45, 7) is 2.38. The van der Waals surface area contributed by atoms with Gasteiger partial charge < -0.3 is 19.4 Å². The molecule has 5 rings (SSSR count). The Hall–Kier alpha value is -5.00. The number of carbonyl (C=O) groups excluding carboxylic acids is 3. The molecule has 2 N–H and O–H groups in total. The summed E-state index contributed by atoms with van der Waals surface area (Å²) in [6.07, 6.45) is 0.678. The Morgan fingerprint density at radius 2 is 1.77 bits per heavy atom. The van der Waals surface area contributed by atoms with Crippen molar-refractivity contribution in [2.24, 2.45) is 5.10 Å². The predicted octanol–water partition coefficient (Wildman–Crippen LogP) is 3.16. The van der Waals surface area contributed by atoms with Crippen molar-refractivity contribution < 1.29 is 38.7 Å². The van der Waals surface area contributed by atoms with E-state index in [0.717, 1.165) is 5.01 Å². The van der Waals surface area contributed by atoms with Gasteiger partial charge in [-0.1, -0.05) is 12.1 Å². The number of ether oxygens (including phenoxy) is 1. The number of hydrogen-bond donors (Lipinski definition) is 2. The molecule has 0 saturated carbocycles. The molecule has 1 aliphatic carbocycles. The van der Waals surface area contributed by atoms with Crippen LogP contribution in [0.25, 0.3) is 0 Å². The number of phenols is 2. The van der Waals surface area contributed by atoms with E-state index in [1.165, 1.54) is 42.6 Å². The zero-order valence-electron chi connectivity index (χ0n) is 18.1. The molecule has 12 heteroatoms.